The number of ketones is 1. The lowest BCUT2D eigenvalue weighted by Gasteiger charge is -2.17. The van der Waals surface area contributed by atoms with Gasteiger partial charge in [0.15, 0.2) is 0 Å². The second kappa shape index (κ2) is 3.77. The maximum Gasteiger partial charge on any atom is 0.280 e. The largest absolute Gasteiger partial charge is 0.288 e. The second-order valence-corrected chi connectivity index (χ2v) is 4.23. The van der Waals surface area contributed by atoms with Crippen LogP contribution in [-0.2, 0) is 6.42 Å². The molecule has 0 aromatic heterocycles. The summed E-state index contributed by atoms with van der Waals surface area (Å²) < 4.78 is 0. The van der Waals surface area contributed by atoms with Gasteiger partial charge in [-0.05, 0) is 17.5 Å². The van der Waals surface area contributed by atoms with Crippen LogP contribution in [0.4, 0.5) is 5.69 Å². The number of fused-ring (bicyclic) bond motifs is 2. The molecule has 0 unspecified atom stereocenters. The molecule has 0 amide bonds. The molecule has 0 radical (unpaired) electrons. The van der Waals surface area contributed by atoms with E-state index in [-0.39, 0.29) is 17.0 Å². The van der Waals surface area contributed by atoms with Gasteiger partial charge in [-0.1, -0.05) is 36.4 Å². The Morgan fingerprint density at radius 1 is 1.00 bits per heavy atom. The third-order valence-electron chi connectivity index (χ3n) is 3.20. The van der Waals surface area contributed by atoms with Crippen LogP contribution in [0.15, 0.2) is 42.5 Å². The molecular formula is C14H9NO3. The minimum atomic E-state index is -0.495. The van der Waals surface area contributed by atoms with Gasteiger partial charge in [-0.25, -0.2) is 0 Å². The molecule has 2 aromatic carbocycles. The first kappa shape index (κ1) is 10.7. The molecule has 4 heteroatoms. The highest BCUT2D eigenvalue weighted by molar-refractivity contribution is 6.14. The van der Waals surface area contributed by atoms with Crippen LogP contribution in [0.5, 0.6) is 0 Å². The van der Waals surface area contributed by atoms with Crippen molar-refractivity contribution in [2.45, 2.75) is 6.42 Å². The Balaban J connectivity index is 2.26. The quantitative estimate of drug-likeness (QED) is 0.484. The van der Waals surface area contributed by atoms with Crippen molar-refractivity contribution in [2.75, 3.05) is 0 Å². The summed E-state index contributed by atoms with van der Waals surface area (Å²) in [7, 11) is 0. The van der Waals surface area contributed by atoms with Gasteiger partial charge in [0.05, 0.1) is 4.92 Å². The number of rotatable bonds is 1. The van der Waals surface area contributed by atoms with E-state index in [0.717, 1.165) is 11.1 Å². The summed E-state index contributed by atoms with van der Waals surface area (Å²) in [4.78, 5) is 22.8. The van der Waals surface area contributed by atoms with Gasteiger partial charge in [-0.3, -0.25) is 14.9 Å². The first-order chi connectivity index (χ1) is 8.68. The van der Waals surface area contributed by atoms with Crippen molar-refractivity contribution in [2.24, 2.45) is 0 Å². The van der Waals surface area contributed by atoms with Crippen molar-refractivity contribution >= 4 is 11.5 Å². The third-order valence-corrected chi connectivity index (χ3v) is 3.20. The molecule has 0 bridgehead atoms. The number of nitrogens with zero attached hydrogens (tertiary/aromatic N) is 1. The average Bonchev–Trinajstić information content (AvgIpc) is 2.38. The Morgan fingerprint density at radius 3 is 2.50 bits per heavy atom. The molecule has 0 fully saturated rings. The van der Waals surface area contributed by atoms with Crippen LogP contribution >= 0.6 is 0 Å². The highest BCUT2D eigenvalue weighted by atomic mass is 16.6. The Kier molecular flexibility index (Phi) is 2.23. The van der Waals surface area contributed by atoms with Gasteiger partial charge in [0.2, 0.25) is 5.78 Å². The van der Waals surface area contributed by atoms with E-state index in [1.807, 2.05) is 12.1 Å². The molecule has 3 rings (SSSR count). The molecule has 0 aliphatic heterocycles. The van der Waals surface area contributed by atoms with Crippen molar-refractivity contribution in [1.29, 1.82) is 0 Å². The number of carbonyl (C=O) groups is 1. The Bertz CT molecular complexity index is 676. The van der Waals surface area contributed by atoms with E-state index in [4.69, 9.17) is 0 Å². The van der Waals surface area contributed by atoms with E-state index in [1.165, 1.54) is 6.07 Å². The summed E-state index contributed by atoms with van der Waals surface area (Å²) in [5.41, 5.74) is 2.36. The van der Waals surface area contributed by atoms with Gasteiger partial charge in [-0.2, -0.15) is 0 Å². The Labute approximate surface area is 103 Å². The van der Waals surface area contributed by atoms with Crippen molar-refractivity contribution in [3.8, 4) is 0 Å². The SMILES string of the molecule is O=C1c2ccccc2Cc2cccc([N+](=O)[O-])c21. The van der Waals surface area contributed by atoms with E-state index in [2.05, 4.69) is 0 Å². The Hall–Kier alpha value is -2.49. The van der Waals surface area contributed by atoms with E-state index in [0.29, 0.717) is 12.0 Å². The third kappa shape index (κ3) is 1.43. The van der Waals surface area contributed by atoms with E-state index in [9.17, 15) is 14.9 Å². The number of carbonyl (C=O) groups excluding carboxylic acids is 1. The lowest BCUT2D eigenvalue weighted by atomic mass is 9.84. The summed E-state index contributed by atoms with van der Waals surface area (Å²) in [6.07, 6.45) is 0.568. The standard InChI is InChI=1S/C14H9NO3/c16-14-11-6-2-1-4-9(11)8-10-5-3-7-12(13(10)14)15(17)18/h1-7H,8H2. The smallest absolute Gasteiger partial charge is 0.280 e. The van der Waals surface area contributed by atoms with Crippen molar-refractivity contribution in [1.82, 2.24) is 0 Å². The van der Waals surface area contributed by atoms with E-state index in [1.54, 1.807) is 24.3 Å². The van der Waals surface area contributed by atoms with Crippen LogP contribution in [0.25, 0.3) is 0 Å². The average molecular weight is 239 g/mol. The fourth-order valence-corrected chi connectivity index (χ4v) is 2.38. The van der Waals surface area contributed by atoms with Gasteiger partial charge < -0.3 is 0 Å². The predicted molar refractivity (Wildman–Crippen MR) is 65.8 cm³/mol. The van der Waals surface area contributed by atoms with E-state index >= 15 is 0 Å². The first-order valence-electron chi connectivity index (χ1n) is 5.57. The zero-order chi connectivity index (χ0) is 12.7. The molecule has 0 saturated heterocycles. The summed E-state index contributed by atoms with van der Waals surface area (Å²) in [5.74, 6) is -0.251. The van der Waals surface area contributed by atoms with Gasteiger partial charge >= 0.3 is 0 Å². The van der Waals surface area contributed by atoms with Crippen molar-refractivity contribution in [3.05, 3.63) is 74.8 Å². The Morgan fingerprint density at radius 2 is 1.72 bits per heavy atom. The minimum absolute atomic E-state index is 0.105. The van der Waals surface area contributed by atoms with Crippen LogP contribution in [0.1, 0.15) is 27.0 Å². The van der Waals surface area contributed by atoms with Crippen LogP contribution in [0.3, 0.4) is 0 Å². The fourth-order valence-electron chi connectivity index (χ4n) is 2.38. The summed E-state index contributed by atoms with van der Waals surface area (Å²) >= 11 is 0. The summed E-state index contributed by atoms with van der Waals surface area (Å²) in [6, 6.07) is 12.0. The summed E-state index contributed by atoms with van der Waals surface area (Å²) in [5, 5.41) is 11.0. The highest BCUT2D eigenvalue weighted by Gasteiger charge is 2.29. The van der Waals surface area contributed by atoms with Crippen LogP contribution in [-0.4, -0.2) is 10.7 Å². The molecular weight excluding hydrogens is 230 g/mol. The van der Waals surface area contributed by atoms with Crippen LogP contribution in [0.2, 0.25) is 0 Å². The van der Waals surface area contributed by atoms with Gasteiger partial charge in [0.25, 0.3) is 5.69 Å². The molecule has 0 saturated carbocycles. The van der Waals surface area contributed by atoms with Crippen molar-refractivity contribution in [3.63, 3.8) is 0 Å². The lowest BCUT2D eigenvalue weighted by molar-refractivity contribution is -0.385. The highest BCUT2D eigenvalue weighted by Crippen LogP contribution is 2.32. The normalized spacial score (nSPS) is 12.8. The maximum atomic E-state index is 12.3. The zero-order valence-electron chi connectivity index (χ0n) is 9.42. The van der Waals surface area contributed by atoms with Crippen LogP contribution < -0.4 is 0 Å². The molecule has 1 aliphatic rings. The van der Waals surface area contributed by atoms with Crippen molar-refractivity contribution < 1.29 is 9.72 Å². The summed E-state index contributed by atoms with van der Waals surface area (Å²) in [6.45, 7) is 0. The molecule has 18 heavy (non-hydrogen) atoms. The fraction of sp³-hybridized carbons (Fsp3) is 0.0714. The number of hydrogen-bond donors (Lipinski definition) is 0. The predicted octanol–water partition coefficient (Wildman–Crippen LogP) is 2.73. The van der Waals surface area contributed by atoms with Crippen LogP contribution in [0, 0.1) is 10.1 Å². The van der Waals surface area contributed by atoms with E-state index < -0.39 is 4.92 Å². The number of nitro benzene ring substituents is 1. The molecule has 0 spiro atoms. The number of benzene rings is 2. The zero-order valence-corrected chi connectivity index (χ0v) is 9.42. The number of hydrogen-bond acceptors (Lipinski definition) is 3. The number of nitro groups is 1. The minimum Gasteiger partial charge on any atom is -0.288 e. The van der Waals surface area contributed by atoms with Gasteiger partial charge in [0, 0.05) is 11.6 Å². The monoisotopic (exact) mass is 239 g/mol. The molecule has 0 atom stereocenters. The van der Waals surface area contributed by atoms with Gasteiger partial charge in [0.1, 0.15) is 5.56 Å². The maximum absolute atomic E-state index is 12.3. The topological polar surface area (TPSA) is 60.2 Å². The molecule has 88 valence electrons. The molecule has 0 N–H and O–H groups in total. The lowest BCUT2D eigenvalue weighted by Crippen LogP contribution is -2.16. The first-order valence-corrected chi connectivity index (χ1v) is 5.57. The second-order valence-electron chi connectivity index (χ2n) is 4.23. The molecule has 2 aromatic rings. The molecule has 0 heterocycles. The molecule has 4 nitrogen and oxygen atoms in total. The van der Waals surface area contributed by atoms with Gasteiger partial charge in [-0.15, -0.1) is 0 Å². The molecule has 1 aliphatic carbocycles.